The van der Waals surface area contributed by atoms with E-state index in [1.807, 2.05) is 0 Å². The molecule has 2 aromatic rings. The average Bonchev–Trinajstić information content (AvgIpc) is 2.69. The van der Waals surface area contributed by atoms with Gasteiger partial charge in [-0.1, -0.05) is 12.1 Å². The number of benzene rings is 1. The summed E-state index contributed by atoms with van der Waals surface area (Å²) < 4.78 is 38.0. The number of aromatic nitrogens is 2. The second kappa shape index (κ2) is 7.97. The van der Waals surface area contributed by atoms with Gasteiger partial charge < -0.3 is 4.98 Å². The first-order valence-electron chi connectivity index (χ1n) is 9.83. The van der Waals surface area contributed by atoms with Crippen molar-refractivity contribution in [1.29, 1.82) is 0 Å². The minimum Gasteiger partial charge on any atom is -0.310 e. The molecule has 1 fully saturated rings. The Kier molecular flexibility index (Phi) is 5.54. The highest BCUT2D eigenvalue weighted by molar-refractivity contribution is 7.88. The van der Waals surface area contributed by atoms with Crippen molar-refractivity contribution in [3.05, 3.63) is 63.1 Å². The fourth-order valence-electron chi connectivity index (χ4n) is 4.17. The molecule has 7 nitrogen and oxygen atoms in total. The van der Waals surface area contributed by atoms with Crippen molar-refractivity contribution in [3.63, 3.8) is 0 Å². The zero-order valence-corrected chi connectivity index (χ0v) is 17.2. The fourth-order valence-corrected chi connectivity index (χ4v) is 4.95. The zero-order valence-electron chi connectivity index (χ0n) is 16.4. The number of likely N-dealkylation sites (tertiary alicyclic amines) is 1. The molecule has 0 radical (unpaired) electrons. The van der Waals surface area contributed by atoms with E-state index in [0.717, 1.165) is 44.3 Å². The highest BCUT2D eigenvalue weighted by atomic mass is 32.2. The Morgan fingerprint density at radius 2 is 2.00 bits per heavy atom. The molecular weight excluding hydrogens is 395 g/mol. The Labute approximate surface area is 169 Å². The van der Waals surface area contributed by atoms with E-state index < -0.39 is 10.0 Å². The van der Waals surface area contributed by atoms with Crippen LogP contribution in [0.5, 0.6) is 0 Å². The van der Waals surface area contributed by atoms with E-state index in [1.165, 1.54) is 16.4 Å². The van der Waals surface area contributed by atoms with Crippen molar-refractivity contribution in [2.45, 2.75) is 38.3 Å². The first-order chi connectivity index (χ1) is 13.8. The molecule has 4 rings (SSSR count). The smallest absolute Gasteiger partial charge is 0.255 e. The van der Waals surface area contributed by atoms with Gasteiger partial charge in [-0.15, -0.1) is 0 Å². The summed E-state index contributed by atoms with van der Waals surface area (Å²) >= 11 is 0. The number of hydrogen-bond acceptors (Lipinski definition) is 5. The van der Waals surface area contributed by atoms with Gasteiger partial charge in [0.2, 0.25) is 10.0 Å². The third-order valence-corrected chi connectivity index (χ3v) is 6.98. The molecule has 1 N–H and O–H groups in total. The molecule has 0 saturated carbocycles. The summed E-state index contributed by atoms with van der Waals surface area (Å²) in [6.45, 7) is 2.89. The molecule has 2 aliphatic heterocycles. The van der Waals surface area contributed by atoms with Crippen LogP contribution in [0.1, 0.15) is 41.4 Å². The van der Waals surface area contributed by atoms with Crippen LogP contribution in [0.3, 0.4) is 0 Å². The van der Waals surface area contributed by atoms with Crippen LogP contribution in [0, 0.1) is 5.82 Å². The number of hydrogen-bond donors (Lipinski definition) is 1. The highest BCUT2D eigenvalue weighted by Crippen LogP contribution is 2.26. The van der Waals surface area contributed by atoms with Gasteiger partial charge in [0.05, 0.1) is 17.5 Å². The molecule has 0 bridgehead atoms. The summed E-state index contributed by atoms with van der Waals surface area (Å²) in [6, 6.07) is 6.54. The maximum Gasteiger partial charge on any atom is 0.255 e. The summed E-state index contributed by atoms with van der Waals surface area (Å²) in [5.41, 5.74) is 1.97. The monoisotopic (exact) mass is 420 g/mol. The molecule has 0 aliphatic carbocycles. The largest absolute Gasteiger partial charge is 0.310 e. The molecule has 9 heteroatoms. The van der Waals surface area contributed by atoms with Gasteiger partial charge in [-0.2, -0.15) is 4.31 Å². The van der Waals surface area contributed by atoms with E-state index in [9.17, 15) is 17.6 Å². The minimum atomic E-state index is -3.33. The van der Waals surface area contributed by atoms with Crippen LogP contribution in [0.25, 0.3) is 0 Å². The molecule has 1 aromatic heterocycles. The minimum absolute atomic E-state index is 0.0815. The summed E-state index contributed by atoms with van der Waals surface area (Å²) in [4.78, 5) is 22.6. The molecule has 3 heterocycles. The summed E-state index contributed by atoms with van der Waals surface area (Å²) in [5, 5.41) is 0. The van der Waals surface area contributed by atoms with Gasteiger partial charge in [0.25, 0.3) is 5.56 Å². The van der Waals surface area contributed by atoms with E-state index in [-0.39, 0.29) is 23.8 Å². The second-order valence-electron chi connectivity index (χ2n) is 7.92. The Morgan fingerprint density at radius 3 is 2.72 bits per heavy atom. The zero-order chi connectivity index (χ0) is 20.6. The van der Waals surface area contributed by atoms with Crippen LogP contribution in [0.2, 0.25) is 0 Å². The third-order valence-electron chi connectivity index (χ3n) is 5.73. The first kappa shape index (κ1) is 20.2. The Bertz CT molecular complexity index is 1050. The normalized spacial score (nSPS) is 21.1. The SMILES string of the molecule is CS(=O)(=O)N1CCc2nc([C@H]3CCCN(Cc4ccc(F)cc4)C3)[nH]c(=O)c2C1. The van der Waals surface area contributed by atoms with Crippen molar-refractivity contribution in [1.82, 2.24) is 19.2 Å². The third kappa shape index (κ3) is 4.57. The Hall–Kier alpha value is -2.10. The second-order valence-corrected chi connectivity index (χ2v) is 9.91. The van der Waals surface area contributed by atoms with E-state index >= 15 is 0 Å². The first-order valence-corrected chi connectivity index (χ1v) is 11.7. The lowest BCUT2D eigenvalue weighted by atomic mass is 9.96. The molecule has 0 unspecified atom stereocenters. The van der Waals surface area contributed by atoms with Crippen LogP contribution in [0.15, 0.2) is 29.1 Å². The number of nitrogens with one attached hydrogen (secondary N) is 1. The van der Waals surface area contributed by atoms with E-state index in [4.69, 9.17) is 4.98 Å². The van der Waals surface area contributed by atoms with Gasteiger partial charge in [0.15, 0.2) is 0 Å². The van der Waals surface area contributed by atoms with Crippen LogP contribution < -0.4 is 5.56 Å². The average molecular weight is 421 g/mol. The molecule has 0 amide bonds. The molecule has 29 heavy (non-hydrogen) atoms. The number of aromatic amines is 1. The van der Waals surface area contributed by atoms with E-state index in [2.05, 4.69) is 9.88 Å². The van der Waals surface area contributed by atoms with Crippen LogP contribution >= 0.6 is 0 Å². The Balaban J connectivity index is 1.50. The highest BCUT2D eigenvalue weighted by Gasteiger charge is 2.29. The number of H-pyrrole nitrogens is 1. The number of fused-ring (bicyclic) bond motifs is 1. The summed E-state index contributed by atoms with van der Waals surface area (Å²) in [5.74, 6) is 0.566. The van der Waals surface area contributed by atoms with Crippen LogP contribution in [-0.2, 0) is 29.5 Å². The molecule has 1 saturated heterocycles. The fraction of sp³-hybridized carbons (Fsp3) is 0.500. The molecule has 156 valence electrons. The number of sulfonamides is 1. The van der Waals surface area contributed by atoms with Crippen LogP contribution in [-0.4, -0.2) is 53.5 Å². The number of piperidine rings is 1. The van der Waals surface area contributed by atoms with Gasteiger partial charge in [-0.05, 0) is 37.1 Å². The van der Waals surface area contributed by atoms with Crippen molar-refractivity contribution in [2.75, 3.05) is 25.9 Å². The lowest BCUT2D eigenvalue weighted by molar-refractivity contribution is 0.196. The lowest BCUT2D eigenvalue weighted by Gasteiger charge is -2.33. The summed E-state index contributed by atoms with van der Waals surface area (Å²) in [6.07, 6.45) is 3.54. The summed E-state index contributed by atoms with van der Waals surface area (Å²) in [7, 11) is -3.33. The van der Waals surface area contributed by atoms with Crippen LogP contribution in [0.4, 0.5) is 4.39 Å². The van der Waals surface area contributed by atoms with Gasteiger partial charge in [0.1, 0.15) is 11.6 Å². The van der Waals surface area contributed by atoms with E-state index in [0.29, 0.717) is 30.0 Å². The standard InChI is InChI=1S/C20H25FN4O3S/c1-29(27,28)25-10-8-18-17(13-25)20(26)23-19(22-18)15-3-2-9-24(12-15)11-14-4-6-16(21)7-5-14/h4-7,15H,2-3,8-13H2,1H3,(H,22,23,26)/t15-/m0/s1. The quantitative estimate of drug-likeness (QED) is 0.812. The van der Waals surface area contributed by atoms with Crippen molar-refractivity contribution < 1.29 is 12.8 Å². The lowest BCUT2D eigenvalue weighted by Crippen LogP contribution is -2.40. The molecule has 2 aliphatic rings. The molecule has 1 aromatic carbocycles. The maximum absolute atomic E-state index is 13.1. The van der Waals surface area contributed by atoms with Gasteiger partial charge >= 0.3 is 0 Å². The van der Waals surface area contributed by atoms with Gasteiger partial charge in [0, 0.05) is 38.5 Å². The van der Waals surface area contributed by atoms with Crippen molar-refractivity contribution >= 4 is 10.0 Å². The van der Waals surface area contributed by atoms with Gasteiger partial charge in [-0.25, -0.2) is 17.8 Å². The number of rotatable bonds is 4. The number of nitrogens with zero attached hydrogens (tertiary/aromatic N) is 3. The predicted molar refractivity (Wildman–Crippen MR) is 107 cm³/mol. The Morgan fingerprint density at radius 1 is 1.24 bits per heavy atom. The molecule has 0 spiro atoms. The maximum atomic E-state index is 13.1. The number of halogens is 1. The van der Waals surface area contributed by atoms with Crippen molar-refractivity contribution in [2.24, 2.45) is 0 Å². The topological polar surface area (TPSA) is 86.4 Å². The van der Waals surface area contributed by atoms with Crippen molar-refractivity contribution in [3.8, 4) is 0 Å². The molecule has 1 atom stereocenters. The van der Waals surface area contributed by atoms with E-state index in [1.54, 1.807) is 12.1 Å². The molecular formula is C20H25FN4O3S. The van der Waals surface area contributed by atoms with Gasteiger partial charge in [-0.3, -0.25) is 9.69 Å². The predicted octanol–water partition coefficient (Wildman–Crippen LogP) is 1.61.